The van der Waals surface area contributed by atoms with E-state index >= 15 is 0 Å². The van der Waals surface area contributed by atoms with Crippen LogP contribution in [0, 0.1) is 13.8 Å². The molecule has 0 aliphatic carbocycles. The maximum atomic E-state index is 12.2. The summed E-state index contributed by atoms with van der Waals surface area (Å²) in [6.45, 7) is 3.84. The smallest absolute Gasteiger partial charge is 0.240 e. The lowest BCUT2D eigenvalue weighted by Gasteiger charge is -2.11. The predicted octanol–water partition coefficient (Wildman–Crippen LogP) is 3.81. The third-order valence-corrected chi connectivity index (χ3v) is 4.11. The van der Waals surface area contributed by atoms with Crippen molar-refractivity contribution in [3.63, 3.8) is 0 Å². The van der Waals surface area contributed by atoms with Gasteiger partial charge in [0.2, 0.25) is 5.43 Å². The Morgan fingerprint density at radius 3 is 2.52 bits per heavy atom. The fraction of sp³-hybridized carbons (Fsp3) is 0.133. The highest BCUT2D eigenvalue weighted by Crippen LogP contribution is 2.20. The van der Waals surface area contributed by atoms with Gasteiger partial charge in [0, 0.05) is 10.7 Å². The van der Waals surface area contributed by atoms with Crippen molar-refractivity contribution in [3.05, 3.63) is 61.4 Å². The van der Waals surface area contributed by atoms with Gasteiger partial charge in [-0.05, 0) is 65.7 Å². The van der Waals surface area contributed by atoms with Gasteiger partial charge in [0.1, 0.15) is 5.52 Å². The lowest BCUT2D eigenvalue weighted by atomic mass is 10.2. The Morgan fingerprint density at radius 2 is 1.86 bits per heavy atom. The van der Waals surface area contributed by atoms with Gasteiger partial charge in [-0.25, -0.2) is 9.67 Å². The zero-order valence-corrected chi connectivity index (χ0v) is 13.7. The molecular weight excluding hydrogens is 354 g/mol. The van der Waals surface area contributed by atoms with E-state index in [2.05, 4.69) is 26.0 Å². The van der Waals surface area contributed by atoms with Crippen molar-refractivity contribution in [3.8, 4) is 5.69 Å². The number of pyridine rings is 1. The fourth-order valence-corrected chi connectivity index (χ4v) is 2.56. The minimum atomic E-state index is -0.210. The minimum Gasteiger partial charge on any atom is -0.284 e. The maximum Gasteiger partial charge on any atom is 0.240 e. The van der Waals surface area contributed by atoms with Gasteiger partial charge in [0.05, 0.1) is 11.2 Å². The van der Waals surface area contributed by atoms with Crippen molar-refractivity contribution in [2.75, 3.05) is 0 Å². The number of nitrogens with zero attached hydrogens (tertiary/aromatic N) is 3. The Morgan fingerprint density at radius 1 is 1.19 bits per heavy atom. The Balaban J connectivity index is 2.42. The number of fused-ring (bicyclic) bond motifs is 1. The van der Waals surface area contributed by atoms with Crippen LogP contribution in [0.3, 0.4) is 0 Å². The molecule has 0 bridgehead atoms. The Kier molecular flexibility index (Phi) is 3.55. The molecule has 6 heteroatoms. The molecule has 0 atom stereocenters. The molecule has 0 fully saturated rings. The first-order valence-corrected chi connectivity index (χ1v) is 7.47. The maximum absolute atomic E-state index is 12.2. The molecule has 106 valence electrons. The first kappa shape index (κ1) is 14.2. The van der Waals surface area contributed by atoms with E-state index in [4.69, 9.17) is 11.6 Å². The van der Waals surface area contributed by atoms with Crippen LogP contribution in [0.1, 0.15) is 11.3 Å². The van der Waals surface area contributed by atoms with E-state index in [0.29, 0.717) is 16.1 Å². The molecular formula is C15H11BrClN3O. The molecule has 0 saturated carbocycles. The summed E-state index contributed by atoms with van der Waals surface area (Å²) in [4.78, 5) is 16.6. The normalized spacial score (nSPS) is 11.0. The van der Waals surface area contributed by atoms with Gasteiger partial charge < -0.3 is 0 Å². The van der Waals surface area contributed by atoms with Crippen LogP contribution >= 0.6 is 27.5 Å². The van der Waals surface area contributed by atoms with Gasteiger partial charge in [-0.1, -0.05) is 11.6 Å². The highest BCUT2D eigenvalue weighted by atomic mass is 79.9. The first-order chi connectivity index (χ1) is 9.97. The summed E-state index contributed by atoms with van der Waals surface area (Å²) >= 11 is 9.13. The third-order valence-electron chi connectivity index (χ3n) is 3.34. The summed E-state index contributed by atoms with van der Waals surface area (Å²) in [6, 6.07) is 9.19. The summed E-state index contributed by atoms with van der Waals surface area (Å²) < 4.78 is 1.93. The van der Waals surface area contributed by atoms with Gasteiger partial charge in [-0.2, -0.15) is 5.10 Å². The molecule has 3 rings (SSSR count). The summed E-state index contributed by atoms with van der Waals surface area (Å²) in [6.07, 6.45) is 0. The molecule has 0 aliphatic heterocycles. The van der Waals surface area contributed by atoms with Crippen LogP contribution in [0.15, 0.2) is 39.7 Å². The average Bonchev–Trinajstić information content (AvgIpc) is 2.46. The number of aromatic nitrogens is 3. The lowest BCUT2D eigenvalue weighted by Crippen LogP contribution is -2.15. The van der Waals surface area contributed by atoms with Crippen molar-refractivity contribution in [1.82, 2.24) is 14.8 Å². The van der Waals surface area contributed by atoms with E-state index in [0.717, 1.165) is 16.9 Å². The molecule has 3 aromatic rings. The van der Waals surface area contributed by atoms with Crippen LogP contribution in [0.25, 0.3) is 16.7 Å². The molecule has 4 nitrogen and oxygen atoms in total. The highest BCUT2D eigenvalue weighted by molar-refractivity contribution is 9.10. The zero-order valence-electron chi connectivity index (χ0n) is 11.4. The topological polar surface area (TPSA) is 47.8 Å². The second-order valence-electron chi connectivity index (χ2n) is 4.77. The van der Waals surface area contributed by atoms with Crippen molar-refractivity contribution < 1.29 is 0 Å². The fourth-order valence-electron chi connectivity index (χ4n) is 2.08. The van der Waals surface area contributed by atoms with Crippen molar-refractivity contribution >= 4 is 38.6 Å². The Bertz CT molecular complexity index is 903. The molecule has 2 aromatic heterocycles. The van der Waals surface area contributed by atoms with Crippen LogP contribution in [-0.4, -0.2) is 14.8 Å². The molecule has 0 aliphatic rings. The zero-order chi connectivity index (χ0) is 15.1. The van der Waals surface area contributed by atoms with Gasteiger partial charge >= 0.3 is 0 Å². The number of aryl methyl sites for hydroxylation is 2. The van der Waals surface area contributed by atoms with Crippen LogP contribution in [-0.2, 0) is 0 Å². The summed E-state index contributed by atoms with van der Waals surface area (Å²) in [5.74, 6) is 0. The van der Waals surface area contributed by atoms with Crippen LogP contribution in [0.5, 0.6) is 0 Å². The highest BCUT2D eigenvalue weighted by Gasteiger charge is 2.13. The number of rotatable bonds is 1. The minimum absolute atomic E-state index is 0.210. The number of halogens is 2. The Labute approximate surface area is 134 Å². The summed E-state index contributed by atoms with van der Waals surface area (Å²) in [5, 5.41) is 4.96. The van der Waals surface area contributed by atoms with Crippen molar-refractivity contribution in [2.24, 2.45) is 0 Å². The molecule has 0 unspecified atom stereocenters. The standard InChI is InChI=1S/C15H11BrClN3O/c1-8-7-12-13(18-9(8)2)14(21)15(16)19-20(12)11-5-3-10(17)4-6-11/h3-7H,1-2H3. The number of benzene rings is 1. The average molecular weight is 365 g/mol. The Hall–Kier alpha value is -1.72. The van der Waals surface area contributed by atoms with E-state index < -0.39 is 0 Å². The first-order valence-electron chi connectivity index (χ1n) is 6.30. The molecule has 0 radical (unpaired) electrons. The van der Waals surface area contributed by atoms with Crippen molar-refractivity contribution in [1.29, 1.82) is 0 Å². The molecule has 0 N–H and O–H groups in total. The second-order valence-corrected chi connectivity index (χ2v) is 5.95. The van der Waals surface area contributed by atoms with E-state index in [1.807, 2.05) is 32.0 Å². The summed E-state index contributed by atoms with van der Waals surface area (Å²) in [7, 11) is 0. The van der Waals surface area contributed by atoms with E-state index in [-0.39, 0.29) is 10.0 Å². The third kappa shape index (κ3) is 2.47. The van der Waals surface area contributed by atoms with E-state index in [9.17, 15) is 4.79 Å². The van der Waals surface area contributed by atoms with Crippen LogP contribution in [0.4, 0.5) is 0 Å². The molecule has 1 aromatic carbocycles. The molecule has 21 heavy (non-hydrogen) atoms. The predicted molar refractivity (Wildman–Crippen MR) is 87.3 cm³/mol. The molecule has 2 heterocycles. The van der Waals surface area contributed by atoms with Gasteiger partial charge in [0.15, 0.2) is 4.60 Å². The van der Waals surface area contributed by atoms with Gasteiger partial charge in [-0.3, -0.25) is 4.79 Å². The molecule has 0 saturated heterocycles. The number of hydrogen-bond acceptors (Lipinski definition) is 3. The van der Waals surface area contributed by atoms with E-state index in [1.165, 1.54) is 0 Å². The van der Waals surface area contributed by atoms with Gasteiger partial charge in [0.25, 0.3) is 0 Å². The van der Waals surface area contributed by atoms with Crippen molar-refractivity contribution in [2.45, 2.75) is 13.8 Å². The quantitative estimate of drug-likeness (QED) is 0.659. The SMILES string of the molecule is Cc1cc2c(nc1C)c(=O)c(Br)nn2-c1ccc(Cl)cc1. The second kappa shape index (κ2) is 5.24. The monoisotopic (exact) mass is 363 g/mol. The molecule has 0 spiro atoms. The lowest BCUT2D eigenvalue weighted by molar-refractivity contribution is 0.856. The number of hydrogen-bond donors (Lipinski definition) is 0. The van der Waals surface area contributed by atoms with E-state index in [1.54, 1.807) is 16.8 Å². The van der Waals surface area contributed by atoms with Crippen LogP contribution in [0.2, 0.25) is 5.02 Å². The summed E-state index contributed by atoms with van der Waals surface area (Å²) in [5.41, 5.74) is 3.52. The van der Waals surface area contributed by atoms with Crippen LogP contribution < -0.4 is 5.43 Å². The molecule has 0 amide bonds. The van der Waals surface area contributed by atoms with Gasteiger partial charge in [-0.15, -0.1) is 0 Å². The largest absolute Gasteiger partial charge is 0.284 e.